The molecule has 1 aromatic carbocycles. The van der Waals surface area contributed by atoms with Crippen molar-refractivity contribution in [2.75, 3.05) is 0 Å². The first-order valence-corrected chi connectivity index (χ1v) is 6.10. The Hall–Kier alpha value is -2.11. The van der Waals surface area contributed by atoms with Crippen LogP contribution in [0.2, 0.25) is 0 Å². The minimum Gasteiger partial charge on any atom is -0.294 e. The number of hydrogen-bond acceptors (Lipinski definition) is 2. The van der Waals surface area contributed by atoms with Gasteiger partial charge in [0.15, 0.2) is 5.78 Å². The van der Waals surface area contributed by atoms with Crippen LogP contribution in [0.3, 0.4) is 0 Å². The summed E-state index contributed by atoms with van der Waals surface area (Å²) >= 11 is 0. The van der Waals surface area contributed by atoms with Crippen LogP contribution in [-0.4, -0.2) is 15.6 Å². The zero-order valence-corrected chi connectivity index (χ0v) is 11.0. The van der Waals surface area contributed by atoms with Crippen molar-refractivity contribution in [3.63, 3.8) is 0 Å². The summed E-state index contributed by atoms with van der Waals surface area (Å²) in [5.74, 6) is -0.0411. The molecule has 0 spiro atoms. The van der Waals surface area contributed by atoms with Gasteiger partial charge in [0, 0.05) is 12.6 Å². The molecule has 6 heteroatoms. The zero-order valence-electron chi connectivity index (χ0n) is 11.0. The van der Waals surface area contributed by atoms with E-state index in [9.17, 15) is 18.0 Å². The summed E-state index contributed by atoms with van der Waals surface area (Å²) in [6, 6.07) is 4.65. The van der Waals surface area contributed by atoms with Crippen molar-refractivity contribution in [3.8, 4) is 5.69 Å². The number of aryl methyl sites for hydroxylation is 1. The Morgan fingerprint density at radius 2 is 1.85 bits per heavy atom. The predicted molar refractivity (Wildman–Crippen MR) is 67.9 cm³/mol. The Morgan fingerprint density at radius 1 is 1.25 bits per heavy atom. The van der Waals surface area contributed by atoms with Crippen molar-refractivity contribution in [1.82, 2.24) is 9.78 Å². The molecule has 0 aliphatic rings. The monoisotopic (exact) mass is 282 g/mol. The molecule has 106 valence electrons. The van der Waals surface area contributed by atoms with Gasteiger partial charge in [-0.05, 0) is 31.2 Å². The Bertz CT molecular complexity index is 627. The molecule has 20 heavy (non-hydrogen) atoms. The number of aromatic nitrogens is 2. The number of carbonyl (C=O) groups excluding carboxylic acids is 1. The Kier molecular flexibility index (Phi) is 3.65. The van der Waals surface area contributed by atoms with Gasteiger partial charge < -0.3 is 0 Å². The van der Waals surface area contributed by atoms with Crippen LogP contribution in [-0.2, 0) is 6.18 Å². The first kappa shape index (κ1) is 14.3. The molecule has 1 heterocycles. The molecule has 0 aliphatic heterocycles. The van der Waals surface area contributed by atoms with E-state index in [1.54, 1.807) is 20.0 Å². The molecule has 2 rings (SSSR count). The van der Waals surface area contributed by atoms with E-state index in [1.807, 2.05) is 0 Å². The number of rotatable bonds is 3. The van der Waals surface area contributed by atoms with Gasteiger partial charge in [-0.25, -0.2) is 4.68 Å². The van der Waals surface area contributed by atoms with Gasteiger partial charge in [0.1, 0.15) is 0 Å². The summed E-state index contributed by atoms with van der Waals surface area (Å²) in [5.41, 5.74) is 0.829. The number of alkyl halides is 3. The van der Waals surface area contributed by atoms with Crippen LogP contribution in [0.4, 0.5) is 13.2 Å². The van der Waals surface area contributed by atoms with Gasteiger partial charge in [0.25, 0.3) is 0 Å². The molecule has 3 nitrogen and oxygen atoms in total. The highest BCUT2D eigenvalue weighted by Gasteiger charge is 2.30. The van der Waals surface area contributed by atoms with Crippen LogP contribution in [0, 0.1) is 6.92 Å². The van der Waals surface area contributed by atoms with Crippen LogP contribution < -0.4 is 0 Å². The highest BCUT2D eigenvalue weighted by molar-refractivity contribution is 5.96. The lowest BCUT2D eigenvalue weighted by atomic mass is 10.1. The number of carbonyl (C=O) groups is 1. The van der Waals surface area contributed by atoms with Gasteiger partial charge in [-0.3, -0.25) is 4.79 Å². The highest BCUT2D eigenvalue weighted by Crippen LogP contribution is 2.29. The van der Waals surface area contributed by atoms with Gasteiger partial charge in [-0.1, -0.05) is 6.92 Å². The van der Waals surface area contributed by atoms with E-state index in [0.29, 0.717) is 23.4 Å². The van der Waals surface area contributed by atoms with Crippen LogP contribution in [0.15, 0.2) is 30.5 Å². The number of hydrogen-bond donors (Lipinski definition) is 0. The zero-order chi connectivity index (χ0) is 14.9. The molecule has 0 N–H and O–H groups in total. The molecular formula is C14H13F3N2O. The quantitative estimate of drug-likeness (QED) is 0.803. The van der Waals surface area contributed by atoms with Crippen LogP contribution in [0.5, 0.6) is 0 Å². The first-order chi connectivity index (χ1) is 9.32. The summed E-state index contributed by atoms with van der Waals surface area (Å²) in [5, 5.41) is 4.16. The first-order valence-electron chi connectivity index (χ1n) is 6.10. The SMILES string of the molecule is CCC(=O)c1cn(-c2ccc(C(F)(F)F)cc2)nc1C. The lowest BCUT2D eigenvalue weighted by Gasteiger charge is -2.07. The molecule has 0 aliphatic carbocycles. The van der Waals surface area contributed by atoms with Crippen LogP contribution in [0.1, 0.15) is 35.0 Å². The molecule has 0 amide bonds. The summed E-state index contributed by atoms with van der Waals surface area (Å²) in [6.07, 6.45) is -2.45. The van der Waals surface area contributed by atoms with E-state index in [1.165, 1.54) is 16.8 Å². The second kappa shape index (κ2) is 5.11. The lowest BCUT2D eigenvalue weighted by molar-refractivity contribution is -0.137. The second-order valence-electron chi connectivity index (χ2n) is 4.39. The third-order valence-electron chi connectivity index (χ3n) is 2.98. The fourth-order valence-electron chi connectivity index (χ4n) is 1.86. The Morgan fingerprint density at radius 3 is 2.35 bits per heavy atom. The highest BCUT2D eigenvalue weighted by atomic mass is 19.4. The molecule has 0 atom stereocenters. The summed E-state index contributed by atoms with van der Waals surface area (Å²) in [6.45, 7) is 3.45. The van der Waals surface area contributed by atoms with E-state index in [2.05, 4.69) is 5.10 Å². The van der Waals surface area contributed by atoms with E-state index in [4.69, 9.17) is 0 Å². The fraction of sp³-hybridized carbons (Fsp3) is 0.286. The van der Waals surface area contributed by atoms with Crippen LogP contribution >= 0.6 is 0 Å². The smallest absolute Gasteiger partial charge is 0.294 e. The van der Waals surface area contributed by atoms with E-state index in [0.717, 1.165) is 12.1 Å². The largest absolute Gasteiger partial charge is 0.416 e. The van der Waals surface area contributed by atoms with E-state index < -0.39 is 11.7 Å². The maximum atomic E-state index is 12.5. The maximum absolute atomic E-state index is 12.5. The normalized spacial score (nSPS) is 11.7. The predicted octanol–water partition coefficient (Wildman–Crippen LogP) is 3.79. The minimum atomic E-state index is -4.36. The van der Waals surface area contributed by atoms with Gasteiger partial charge in [-0.2, -0.15) is 18.3 Å². The second-order valence-corrected chi connectivity index (χ2v) is 4.39. The minimum absolute atomic E-state index is 0.0411. The van der Waals surface area contributed by atoms with Gasteiger partial charge in [-0.15, -0.1) is 0 Å². The summed E-state index contributed by atoms with van der Waals surface area (Å²) in [4.78, 5) is 11.7. The number of halogens is 3. The molecule has 0 radical (unpaired) electrons. The Labute approximate surface area is 114 Å². The lowest BCUT2D eigenvalue weighted by Crippen LogP contribution is -2.05. The average Bonchev–Trinajstić information content (AvgIpc) is 2.79. The van der Waals surface area contributed by atoms with E-state index in [-0.39, 0.29) is 5.78 Å². The van der Waals surface area contributed by atoms with Crippen molar-refractivity contribution in [3.05, 3.63) is 47.3 Å². The third-order valence-corrected chi connectivity index (χ3v) is 2.98. The fourth-order valence-corrected chi connectivity index (χ4v) is 1.86. The summed E-state index contributed by atoms with van der Waals surface area (Å²) < 4.78 is 38.8. The third kappa shape index (κ3) is 2.74. The topological polar surface area (TPSA) is 34.9 Å². The number of nitrogens with zero attached hydrogens (tertiary/aromatic N) is 2. The van der Waals surface area contributed by atoms with Gasteiger partial charge >= 0.3 is 6.18 Å². The average molecular weight is 282 g/mol. The molecule has 0 saturated carbocycles. The number of benzene rings is 1. The maximum Gasteiger partial charge on any atom is 0.416 e. The molecule has 0 unspecified atom stereocenters. The molecule has 0 bridgehead atoms. The van der Waals surface area contributed by atoms with Crippen molar-refractivity contribution in [1.29, 1.82) is 0 Å². The van der Waals surface area contributed by atoms with Crippen molar-refractivity contribution < 1.29 is 18.0 Å². The molecule has 2 aromatic rings. The summed E-state index contributed by atoms with van der Waals surface area (Å²) in [7, 11) is 0. The molecular weight excluding hydrogens is 269 g/mol. The number of Topliss-reactive ketones (excluding diaryl/α,β-unsaturated/α-hetero) is 1. The van der Waals surface area contributed by atoms with Gasteiger partial charge in [0.2, 0.25) is 0 Å². The van der Waals surface area contributed by atoms with E-state index >= 15 is 0 Å². The van der Waals surface area contributed by atoms with Crippen molar-refractivity contribution in [2.24, 2.45) is 0 Å². The van der Waals surface area contributed by atoms with Crippen LogP contribution in [0.25, 0.3) is 5.69 Å². The van der Waals surface area contributed by atoms with Crippen molar-refractivity contribution >= 4 is 5.78 Å². The molecule has 0 saturated heterocycles. The molecule has 1 aromatic heterocycles. The number of ketones is 1. The standard InChI is InChI=1S/C14H13F3N2O/c1-3-13(20)12-8-19(18-9(12)2)11-6-4-10(5-7-11)14(15,16)17/h4-8H,3H2,1-2H3. The Balaban J connectivity index is 2.35. The van der Waals surface area contributed by atoms with Gasteiger partial charge in [0.05, 0.1) is 22.5 Å². The molecule has 0 fully saturated rings. The van der Waals surface area contributed by atoms with Crippen molar-refractivity contribution in [2.45, 2.75) is 26.4 Å².